The van der Waals surface area contributed by atoms with Gasteiger partial charge in [-0.1, -0.05) is 6.07 Å². The molecule has 0 aromatic heterocycles. The van der Waals surface area contributed by atoms with Crippen LogP contribution in [0.2, 0.25) is 0 Å². The van der Waals surface area contributed by atoms with E-state index in [1.54, 1.807) is 21.1 Å². The molecule has 0 heterocycles. The number of hydrogen-bond donors (Lipinski definition) is 1. The molecule has 6 nitrogen and oxygen atoms in total. The van der Waals surface area contributed by atoms with Crippen molar-refractivity contribution in [2.75, 3.05) is 27.3 Å². The van der Waals surface area contributed by atoms with E-state index in [0.717, 1.165) is 18.4 Å². The van der Waals surface area contributed by atoms with Crippen LogP contribution in [0.1, 0.15) is 31.7 Å². The minimum atomic E-state index is -0.0101. The highest BCUT2D eigenvalue weighted by atomic mass is 16.5. The number of nitrogens with zero attached hydrogens (tertiary/aromatic N) is 1. The first kappa shape index (κ1) is 18.1. The van der Waals surface area contributed by atoms with Gasteiger partial charge in [0.05, 0.1) is 14.2 Å². The Balaban J connectivity index is 1.73. The summed E-state index contributed by atoms with van der Waals surface area (Å²) in [5.41, 5.74) is 1.02. The van der Waals surface area contributed by atoms with Gasteiger partial charge in [-0.3, -0.25) is 9.59 Å². The maximum atomic E-state index is 12.0. The summed E-state index contributed by atoms with van der Waals surface area (Å²) >= 11 is 0. The Morgan fingerprint density at radius 2 is 1.92 bits per heavy atom. The number of amides is 2. The first-order valence-electron chi connectivity index (χ1n) is 8.30. The van der Waals surface area contributed by atoms with Crippen molar-refractivity contribution in [3.05, 3.63) is 23.8 Å². The highest BCUT2D eigenvalue weighted by molar-refractivity contribution is 5.76. The topological polar surface area (TPSA) is 67.9 Å². The number of hydrogen-bond acceptors (Lipinski definition) is 4. The fourth-order valence-electron chi connectivity index (χ4n) is 2.68. The van der Waals surface area contributed by atoms with Crippen molar-refractivity contribution in [1.82, 2.24) is 10.2 Å². The van der Waals surface area contributed by atoms with Gasteiger partial charge in [0.1, 0.15) is 0 Å². The van der Waals surface area contributed by atoms with E-state index in [0.29, 0.717) is 43.5 Å². The first-order valence-corrected chi connectivity index (χ1v) is 8.30. The number of benzene rings is 1. The minimum Gasteiger partial charge on any atom is -0.493 e. The maximum Gasteiger partial charge on any atom is 0.220 e. The van der Waals surface area contributed by atoms with Gasteiger partial charge >= 0.3 is 0 Å². The Hall–Kier alpha value is -2.24. The Kier molecular flexibility index (Phi) is 6.46. The second-order valence-corrected chi connectivity index (χ2v) is 5.98. The molecule has 0 aliphatic heterocycles. The van der Waals surface area contributed by atoms with Gasteiger partial charge in [0.25, 0.3) is 0 Å². The fraction of sp³-hybridized carbons (Fsp3) is 0.556. The van der Waals surface area contributed by atoms with E-state index in [9.17, 15) is 9.59 Å². The number of carbonyl (C=O) groups is 2. The number of aryl methyl sites for hydroxylation is 1. The molecule has 1 aromatic carbocycles. The first-order chi connectivity index (χ1) is 11.5. The maximum absolute atomic E-state index is 12.0. The third-order valence-corrected chi connectivity index (χ3v) is 4.16. The van der Waals surface area contributed by atoms with Crippen molar-refractivity contribution in [2.45, 2.75) is 38.6 Å². The van der Waals surface area contributed by atoms with Crippen LogP contribution < -0.4 is 14.8 Å². The lowest BCUT2D eigenvalue weighted by molar-refractivity contribution is -0.130. The SMILES string of the molecule is COc1ccc(CCC(=O)NCCN(C(C)=O)C2CC2)cc1OC. The van der Waals surface area contributed by atoms with Crippen molar-refractivity contribution in [1.29, 1.82) is 0 Å². The minimum absolute atomic E-state index is 0.0101. The molecule has 2 rings (SSSR count). The van der Waals surface area contributed by atoms with Crippen molar-refractivity contribution in [2.24, 2.45) is 0 Å². The lowest BCUT2D eigenvalue weighted by Gasteiger charge is -2.20. The van der Waals surface area contributed by atoms with Crippen LogP contribution in [0, 0.1) is 0 Å². The lowest BCUT2D eigenvalue weighted by atomic mass is 10.1. The van der Waals surface area contributed by atoms with Crippen molar-refractivity contribution in [3.8, 4) is 11.5 Å². The van der Waals surface area contributed by atoms with Crippen LogP contribution in [0.3, 0.4) is 0 Å². The zero-order chi connectivity index (χ0) is 17.5. The number of rotatable bonds is 9. The molecule has 2 amide bonds. The van der Waals surface area contributed by atoms with E-state index in [-0.39, 0.29) is 11.8 Å². The average molecular weight is 334 g/mol. The zero-order valence-electron chi connectivity index (χ0n) is 14.6. The molecule has 0 radical (unpaired) electrons. The Morgan fingerprint density at radius 1 is 1.21 bits per heavy atom. The summed E-state index contributed by atoms with van der Waals surface area (Å²) in [5.74, 6) is 1.41. The molecule has 1 N–H and O–H groups in total. The van der Waals surface area contributed by atoms with Gasteiger partial charge in [0, 0.05) is 32.5 Å². The van der Waals surface area contributed by atoms with E-state index >= 15 is 0 Å². The third-order valence-electron chi connectivity index (χ3n) is 4.16. The molecule has 0 saturated heterocycles. The quantitative estimate of drug-likeness (QED) is 0.747. The van der Waals surface area contributed by atoms with Crippen LogP contribution in [0.15, 0.2) is 18.2 Å². The molecule has 24 heavy (non-hydrogen) atoms. The van der Waals surface area contributed by atoms with Gasteiger partial charge in [0.15, 0.2) is 11.5 Å². The Labute approximate surface area is 143 Å². The van der Waals surface area contributed by atoms with E-state index in [4.69, 9.17) is 9.47 Å². The molecule has 1 aliphatic carbocycles. The molecule has 132 valence electrons. The predicted molar refractivity (Wildman–Crippen MR) is 91.3 cm³/mol. The highest BCUT2D eigenvalue weighted by Gasteiger charge is 2.30. The third kappa shape index (κ3) is 5.15. The lowest BCUT2D eigenvalue weighted by Crippen LogP contribution is -2.38. The summed E-state index contributed by atoms with van der Waals surface area (Å²) in [6.45, 7) is 2.67. The second-order valence-electron chi connectivity index (χ2n) is 5.98. The van der Waals surface area contributed by atoms with E-state index in [1.165, 1.54) is 0 Å². The average Bonchev–Trinajstić information content (AvgIpc) is 3.40. The molecular weight excluding hydrogens is 308 g/mol. The molecule has 1 saturated carbocycles. The van der Waals surface area contributed by atoms with Crippen LogP contribution in [0.5, 0.6) is 11.5 Å². The molecule has 0 unspecified atom stereocenters. The van der Waals surface area contributed by atoms with Crippen LogP contribution in [0.4, 0.5) is 0 Å². The summed E-state index contributed by atoms with van der Waals surface area (Å²) < 4.78 is 10.5. The summed E-state index contributed by atoms with van der Waals surface area (Å²) in [6.07, 6.45) is 3.18. The van der Waals surface area contributed by atoms with Gasteiger partial charge in [-0.15, -0.1) is 0 Å². The standard InChI is InChI=1S/C18H26N2O4/c1-13(21)20(15-6-7-15)11-10-19-18(22)9-5-14-4-8-16(23-2)17(12-14)24-3/h4,8,12,15H,5-7,9-11H2,1-3H3,(H,19,22). The number of carbonyl (C=O) groups excluding carboxylic acids is 2. The fourth-order valence-corrected chi connectivity index (χ4v) is 2.68. The number of ether oxygens (including phenoxy) is 2. The highest BCUT2D eigenvalue weighted by Crippen LogP contribution is 2.28. The van der Waals surface area contributed by atoms with Gasteiger partial charge in [-0.2, -0.15) is 0 Å². The van der Waals surface area contributed by atoms with Gasteiger partial charge in [-0.05, 0) is 37.0 Å². The molecule has 1 aromatic rings. The second kappa shape index (κ2) is 8.57. The Bertz CT molecular complexity index is 584. The largest absolute Gasteiger partial charge is 0.493 e. The van der Waals surface area contributed by atoms with E-state index in [2.05, 4.69) is 5.32 Å². The van der Waals surface area contributed by atoms with Crippen LogP contribution >= 0.6 is 0 Å². The van der Waals surface area contributed by atoms with Crippen LogP contribution in [-0.4, -0.2) is 50.1 Å². The smallest absolute Gasteiger partial charge is 0.220 e. The van der Waals surface area contributed by atoms with E-state index < -0.39 is 0 Å². The molecule has 1 aliphatic rings. The van der Waals surface area contributed by atoms with Crippen LogP contribution in [-0.2, 0) is 16.0 Å². The zero-order valence-corrected chi connectivity index (χ0v) is 14.6. The number of nitrogens with one attached hydrogen (secondary N) is 1. The van der Waals surface area contributed by atoms with E-state index in [1.807, 2.05) is 23.1 Å². The molecule has 0 bridgehead atoms. The molecule has 0 spiro atoms. The van der Waals surface area contributed by atoms with Crippen molar-refractivity contribution < 1.29 is 19.1 Å². The summed E-state index contributed by atoms with van der Waals surface area (Å²) in [6, 6.07) is 6.04. The normalized spacial score (nSPS) is 13.3. The van der Waals surface area contributed by atoms with Crippen molar-refractivity contribution in [3.63, 3.8) is 0 Å². The summed E-state index contributed by atoms with van der Waals surface area (Å²) in [4.78, 5) is 25.3. The Morgan fingerprint density at radius 3 is 2.50 bits per heavy atom. The molecule has 6 heteroatoms. The van der Waals surface area contributed by atoms with Crippen LogP contribution in [0.25, 0.3) is 0 Å². The van der Waals surface area contributed by atoms with Crippen molar-refractivity contribution >= 4 is 11.8 Å². The molecular formula is C18H26N2O4. The summed E-state index contributed by atoms with van der Waals surface area (Å²) in [5, 5.41) is 2.88. The molecule has 0 atom stereocenters. The van der Waals surface area contributed by atoms with Gasteiger partial charge < -0.3 is 19.7 Å². The van der Waals surface area contributed by atoms with Gasteiger partial charge in [-0.25, -0.2) is 0 Å². The predicted octanol–water partition coefficient (Wildman–Crippen LogP) is 1.76. The summed E-state index contributed by atoms with van der Waals surface area (Å²) in [7, 11) is 3.19. The monoisotopic (exact) mass is 334 g/mol. The number of methoxy groups -OCH3 is 2. The molecule has 1 fully saturated rings. The van der Waals surface area contributed by atoms with Gasteiger partial charge in [0.2, 0.25) is 11.8 Å².